The summed E-state index contributed by atoms with van der Waals surface area (Å²) >= 11 is 0. The summed E-state index contributed by atoms with van der Waals surface area (Å²) in [6, 6.07) is 8.88. The van der Waals surface area contributed by atoms with Gasteiger partial charge in [0, 0.05) is 5.56 Å². The van der Waals surface area contributed by atoms with Gasteiger partial charge in [0.15, 0.2) is 17.1 Å². The Labute approximate surface area is 118 Å². The maximum absolute atomic E-state index is 13.7. The first-order valence-corrected chi connectivity index (χ1v) is 6.07. The van der Waals surface area contributed by atoms with Crippen molar-refractivity contribution in [3.63, 3.8) is 0 Å². The molecule has 0 bridgehead atoms. The van der Waals surface area contributed by atoms with Gasteiger partial charge in [0.1, 0.15) is 5.52 Å². The molecule has 0 saturated carbocycles. The molecule has 0 unspecified atom stereocenters. The Hall–Kier alpha value is -2.89. The van der Waals surface area contributed by atoms with Crippen molar-refractivity contribution >= 4 is 17.1 Å². The van der Waals surface area contributed by atoms with Gasteiger partial charge >= 0.3 is 5.97 Å². The number of aromatic carboxylic acids is 1. The number of nitrogens with zero attached hydrogens (tertiary/aromatic N) is 1. The molecule has 0 aliphatic rings. The van der Waals surface area contributed by atoms with Gasteiger partial charge in [-0.1, -0.05) is 6.07 Å². The van der Waals surface area contributed by atoms with Crippen LogP contribution in [0.1, 0.15) is 10.4 Å². The minimum Gasteiger partial charge on any atom is -0.494 e. The van der Waals surface area contributed by atoms with E-state index in [0.29, 0.717) is 11.1 Å². The van der Waals surface area contributed by atoms with E-state index in [-0.39, 0.29) is 22.7 Å². The van der Waals surface area contributed by atoms with Crippen LogP contribution in [0.15, 0.2) is 40.8 Å². The molecule has 1 N–H and O–H groups in total. The fourth-order valence-corrected chi connectivity index (χ4v) is 2.04. The summed E-state index contributed by atoms with van der Waals surface area (Å²) < 4.78 is 24.0. The first kappa shape index (κ1) is 13.1. The average Bonchev–Trinajstić information content (AvgIpc) is 2.90. The number of aromatic nitrogens is 1. The number of hydrogen-bond donors (Lipinski definition) is 1. The minimum absolute atomic E-state index is 0.0384. The zero-order chi connectivity index (χ0) is 15.0. The van der Waals surface area contributed by atoms with Gasteiger partial charge in [0.2, 0.25) is 5.89 Å². The van der Waals surface area contributed by atoms with E-state index in [1.165, 1.54) is 25.3 Å². The number of para-hydroxylation sites is 1. The number of methoxy groups -OCH3 is 1. The second-order valence-corrected chi connectivity index (χ2v) is 4.33. The molecular weight excluding hydrogens is 277 g/mol. The van der Waals surface area contributed by atoms with Crippen LogP contribution in [0.2, 0.25) is 0 Å². The lowest BCUT2D eigenvalue weighted by Crippen LogP contribution is -1.96. The summed E-state index contributed by atoms with van der Waals surface area (Å²) in [7, 11) is 1.37. The van der Waals surface area contributed by atoms with E-state index in [0.717, 1.165) is 0 Å². The van der Waals surface area contributed by atoms with E-state index in [1.54, 1.807) is 18.2 Å². The van der Waals surface area contributed by atoms with Gasteiger partial charge in [-0.25, -0.2) is 14.2 Å². The second-order valence-electron chi connectivity index (χ2n) is 4.33. The number of carboxylic acids is 1. The number of benzene rings is 2. The largest absolute Gasteiger partial charge is 0.494 e. The summed E-state index contributed by atoms with van der Waals surface area (Å²) in [6.45, 7) is 0. The Morgan fingerprint density at radius 2 is 2.14 bits per heavy atom. The topological polar surface area (TPSA) is 72.6 Å². The first-order chi connectivity index (χ1) is 10.1. The van der Waals surface area contributed by atoms with Gasteiger partial charge in [-0.2, -0.15) is 0 Å². The number of fused-ring (bicyclic) bond motifs is 1. The normalized spacial score (nSPS) is 10.8. The highest BCUT2D eigenvalue weighted by Crippen LogP contribution is 2.29. The van der Waals surface area contributed by atoms with E-state index in [2.05, 4.69) is 4.98 Å². The monoisotopic (exact) mass is 287 g/mol. The zero-order valence-electron chi connectivity index (χ0n) is 11.0. The zero-order valence-corrected chi connectivity index (χ0v) is 11.0. The quantitative estimate of drug-likeness (QED) is 0.799. The molecule has 0 atom stereocenters. The molecule has 0 aliphatic heterocycles. The molecule has 0 spiro atoms. The molecule has 2 aromatic carbocycles. The van der Waals surface area contributed by atoms with Crippen molar-refractivity contribution in [2.75, 3.05) is 7.11 Å². The molecule has 5 nitrogen and oxygen atoms in total. The summed E-state index contributed by atoms with van der Waals surface area (Å²) in [4.78, 5) is 15.3. The molecule has 1 aromatic heterocycles. The van der Waals surface area contributed by atoms with E-state index in [1.807, 2.05) is 0 Å². The van der Waals surface area contributed by atoms with Crippen molar-refractivity contribution < 1.29 is 23.4 Å². The molecule has 106 valence electrons. The highest BCUT2D eigenvalue weighted by Gasteiger charge is 2.16. The van der Waals surface area contributed by atoms with Crippen molar-refractivity contribution in [3.8, 4) is 17.2 Å². The number of rotatable bonds is 3. The molecule has 21 heavy (non-hydrogen) atoms. The Bertz CT molecular complexity index is 841. The summed E-state index contributed by atoms with van der Waals surface area (Å²) in [5.41, 5.74) is 1.01. The molecule has 0 aliphatic carbocycles. The van der Waals surface area contributed by atoms with Crippen LogP contribution in [0.5, 0.6) is 5.75 Å². The molecule has 0 saturated heterocycles. The van der Waals surface area contributed by atoms with Crippen LogP contribution in [0.3, 0.4) is 0 Å². The number of halogens is 1. The van der Waals surface area contributed by atoms with Crippen LogP contribution >= 0.6 is 0 Å². The molecule has 3 aromatic rings. The molecule has 3 rings (SSSR count). The summed E-state index contributed by atoms with van der Waals surface area (Å²) in [5, 5.41) is 9.12. The van der Waals surface area contributed by atoms with Gasteiger partial charge in [-0.15, -0.1) is 0 Å². The van der Waals surface area contributed by atoms with Gasteiger partial charge in [-0.3, -0.25) is 0 Å². The second kappa shape index (κ2) is 4.90. The van der Waals surface area contributed by atoms with Crippen molar-refractivity contribution in [2.24, 2.45) is 0 Å². The molecule has 1 heterocycles. The number of ether oxygens (including phenoxy) is 1. The molecular formula is C15H10FNO4. The lowest BCUT2D eigenvalue weighted by molar-refractivity contribution is 0.0699. The number of oxazole rings is 1. The van der Waals surface area contributed by atoms with E-state index < -0.39 is 11.8 Å². The lowest BCUT2D eigenvalue weighted by Gasteiger charge is -2.02. The minimum atomic E-state index is -1.10. The standard InChI is InChI=1S/C15H10FNO4/c1-20-11-6-5-8(7-10(11)16)14-17-13-9(15(18)19)3-2-4-12(13)21-14/h2-7H,1H3,(H,18,19). The predicted molar refractivity (Wildman–Crippen MR) is 72.9 cm³/mol. The first-order valence-electron chi connectivity index (χ1n) is 6.07. The van der Waals surface area contributed by atoms with E-state index in [4.69, 9.17) is 14.3 Å². The third-order valence-electron chi connectivity index (χ3n) is 3.05. The smallest absolute Gasteiger partial charge is 0.338 e. The maximum atomic E-state index is 13.7. The van der Waals surface area contributed by atoms with Crippen molar-refractivity contribution in [2.45, 2.75) is 0 Å². The summed E-state index contributed by atoms with van der Waals surface area (Å²) in [5.74, 6) is -1.38. The van der Waals surface area contributed by atoms with Crippen LogP contribution in [0.4, 0.5) is 4.39 Å². The van der Waals surface area contributed by atoms with Gasteiger partial charge in [0.05, 0.1) is 12.7 Å². The maximum Gasteiger partial charge on any atom is 0.338 e. The van der Waals surface area contributed by atoms with Crippen molar-refractivity contribution in [3.05, 3.63) is 47.8 Å². The van der Waals surface area contributed by atoms with Crippen LogP contribution < -0.4 is 4.74 Å². The van der Waals surface area contributed by atoms with Crippen LogP contribution in [-0.2, 0) is 0 Å². The van der Waals surface area contributed by atoms with E-state index in [9.17, 15) is 9.18 Å². The molecule has 0 radical (unpaired) electrons. The molecule has 0 fully saturated rings. The fourth-order valence-electron chi connectivity index (χ4n) is 2.04. The lowest BCUT2D eigenvalue weighted by atomic mass is 10.2. The number of hydrogen-bond acceptors (Lipinski definition) is 4. The van der Waals surface area contributed by atoms with Gasteiger partial charge < -0.3 is 14.3 Å². The molecule has 0 amide bonds. The van der Waals surface area contributed by atoms with Crippen LogP contribution in [0, 0.1) is 5.82 Å². The number of carbonyl (C=O) groups is 1. The fraction of sp³-hybridized carbons (Fsp3) is 0.0667. The predicted octanol–water partition coefficient (Wildman–Crippen LogP) is 3.34. The Balaban J connectivity index is 2.15. The molecule has 6 heteroatoms. The SMILES string of the molecule is COc1ccc(-c2nc3c(C(=O)O)cccc3o2)cc1F. The summed E-state index contributed by atoms with van der Waals surface area (Å²) in [6.07, 6.45) is 0. The highest BCUT2D eigenvalue weighted by molar-refractivity contribution is 6.00. The average molecular weight is 287 g/mol. The van der Waals surface area contributed by atoms with Gasteiger partial charge in [-0.05, 0) is 30.3 Å². The van der Waals surface area contributed by atoms with Gasteiger partial charge in [0.25, 0.3) is 0 Å². The van der Waals surface area contributed by atoms with Crippen LogP contribution in [0.25, 0.3) is 22.6 Å². The third-order valence-corrected chi connectivity index (χ3v) is 3.05. The number of carboxylic acid groups (broad SMARTS) is 1. The Morgan fingerprint density at radius 1 is 1.33 bits per heavy atom. The Morgan fingerprint density at radius 3 is 2.81 bits per heavy atom. The van der Waals surface area contributed by atoms with Crippen molar-refractivity contribution in [1.29, 1.82) is 0 Å². The third kappa shape index (κ3) is 2.20. The highest BCUT2D eigenvalue weighted by atomic mass is 19.1. The van der Waals surface area contributed by atoms with Crippen molar-refractivity contribution in [1.82, 2.24) is 4.98 Å². The van der Waals surface area contributed by atoms with Crippen LogP contribution in [-0.4, -0.2) is 23.2 Å². The van der Waals surface area contributed by atoms with E-state index >= 15 is 0 Å². The Kier molecular flexibility index (Phi) is 3.06.